The van der Waals surface area contributed by atoms with Gasteiger partial charge in [-0.2, -0.15) is 0 Å². The lowest BCUT2D eigenvalue weighted by atomic mass is 10.1. The van der Waals surface area contributed by atoms with Crippen LogP contribution in [0.1, 0.15) is 43.0 Å². The van der Waals surface area contributed by atoms with Gasteiger partial charge in [0.15, 0.2) is 6.10 Å². The molecule has 0 radical (unpaired) electrons. The fourth-order valence-electron chi connectivity index (χ4n) is 3.18. The maximum Gasteiger partial charge on any atom is 0.265 e. The number of carbonyl (C=O) groups is 2. The van der Waals surface area contributed by atoms with Crippen molar-refractivity contribution in [3.63, 3.8) is 0 Å². The summed E-state index contributed by atoms with van der Waals surface area (Å²) >= 11 is 0. The first-order valence-corrected chi connectivity index (χ1v) is 9.59. The van der Waals surface area contributed by atoms with E-state index in [1.54, 1.807) is 24.3 Å². The number of anilines is 1. The van der Waals surface area contributed by atoms with Crippen LogP contribution >= 0.6 is 0 Å². The van der Waals surface area contributed by atoms with E-state index in [4.69, 9.17) is 4.74 Å². The number of benzene rings is 2. The largest absolute Gasteiger partial charge is 0.481 e. The summed E-state index contributed by atoms with van der Waals surface area (Å²) in [5.41, 5.74) is 1.31. The Balaban J connectivity index is 1.59. The third-order valence-corrected chi connectivity index (χ3v) is 4.73. The summed E-state index contributed by atoms with van der Waals surface area (Å²) in [7, 11) is 0. The molecule has 2 amide bonds. The molecule has 1 aliphatic heterocycles. The van der Waals surface area contributed by atoms with Gasteiger partial charge in [-0.3, -0.25) is 9.59 Å². The number of ether oxygens (including phenoxy) is 1. The Morgan fingerprint density at radius 3 is 2.30 bits per heavy atom. The van der Waals surface area contributed by atoms with Gasteiger partial charge in [0.1, 0.15) is 5.75 Å². The summed E-state index contributed by atoms with van der Waals surface area (Å²) in [5, 5.41) is 2.87. The fraction of sp³-hybridized carbons (Fsp3) is 0.364. The second kappa shape index (κ2) is 9.21. The molecule has 27 heavy (non-hydrogen) atoms. The number of nitrogens with zero attached hydrogens (tertiary/aromatic N) is 1. The summed E-state index contributed by atoms with van der Waals surface area (Å²) in [6.45, 7) is 3.56. The fourth-order valence-corrected chi connectivity index (χ4v) is 3.18. The third-order valence-electron chi connectivity index (χ3n) is 4.73. The standard InChI is InChI=1S/C22H26N2O3/c1-2-20(27-19-9-5-3-6-10-19)21(25)23-18-13-11-17(12-14-18)22(26)24-15-7-4-8-16-24/h3,5-6,9-14,20H,2,4,7-8,15-16H2,1H3,(H,23,25). The van der Waals surface area contributed by atoms with Crippen LogP contribution in [0.4, 0.5) is 5.69 Å². The Morgan fingerprint density at radius 1 is 1.00 bits per heavy atom. The Morgan fingerprint density at radius 2 is 1.67 bits per heavy atom. The maximum atomic E-state index is 12.5. The highest BCUT2D eigenvalue weighted by atomic mass is 16.5. The highest BCUT2D eigenvalue weighted by molar-refractivity contribution is 5.97. The monoisotopic (exact) mass is 366 g/mol. The van der Waals surface area contributed by atoms with E-state index in [2.05, 4.69) is 5.32 Å². The van der Waals surface area contributed by atoms with Gasteiger partial charge in [-0.1, -0.05) is 25.1 Å². The van der Waals surface area contributed by atoms with E-state index >= 15 is 0 Å². The average molecular weight is 366 g/mol. The van der Waals surface area contributed by atoms with Crippen molar-refractivity contribution in [2.75, 3.05) is 18.4 Å². The van der Waals surface area contributed by atoms with Gasteiger partial charge in [0.2, 0.25) is 0 Å². The Kier molecular flexibility index (Phi) is 6.47. The van der Waals surface area contributed by atoms with Gasteiger partial charge >= 0.3 is 0 Å². The van der Waals surface area contributed by atoms with Crippen LogP contribution in [0.25, 0.3) is 0 Å². The van der Waals surface area contributed by atoms with Crippen molar-refractivity contribution < 1.29 is 14.3 Å². The molecule has 3 rings (SSSR count). The molecule has 1 aliphatic rings. The molecule has 1 fully saturated rings. The van der Waals surface area contributed by atoms with Crippen molar-refractivity contribution in [2.24, 2.45) is 0 Å². The molecular formula is C22H26N2O3. The summed E-state index contributed by atoms with van der Waals surface area (Å²) in [6, 6.07) is 16.4. The van der Waals surface area contributed by atoms with Crippen LogP contribution < -0.4 is 10.1 Å². The van der Waals surface area contributed by atoms with Gasteiger partial charge in [0, 0.05) is 24.3 Å². The zero-order chi connectivity index (χ0) is 19.1. The molecule has 1 unspecified atom stereocenters. The maximum absolute atomic E-state index is 12.5. The predicted octanol–water partition coefficient (Wildman–Crippen LogP) is 4.11. The van der Waals surface area contributed by atoms with Crippen LogP contribution in [0.5, 0.6) is 5.75 Å². The van der Waals surface area contributed by atoms with Crippen LogP contribution in [0.3, 0.4) is 0 Å². The number of amides is 2. The second-order valence-electron chi connectivity index (χ2n) is 6.75. The molecule has 1 saturated heterocycles. The zero-order valence-corrected chi connectivity index (χ0v) is 15.7. The van der Waals surface area contributed by atoms with Crippen LogP contribution in [0.2, 0.25) is 0 Å². The molecule has 5 heteroatoms. The van der Waals surface area contributed by atoms with Gasteiger partial charge in [-0.15, -0.1) is 0 Å². The van der Waals surface area contributed by atoms with Gasteiger partial charge in [-0.05, 0) is 62.1 Å². The number of carbonyl (C=O) groups excluding carboxylic acids is 2. The smallest absolute Gasteiger partial charge is 0.265 e. The molecule has 1 N–H and O–H groups in total. The Hall–Kier alpha value is -2.82. The summed E-state index contributed by atoms with van der Waals surface area (Å²) in [4.78, 5) is 26.9. The zero-order valence-electron chi connectivity index (χ0n) is 15.7. The van der Waals surface area contributed by atoms with E-state index < -0.39 is 6.10 Å². The van der Waals surface area contributed by atoms with Crippen molar-refractivity contribution in [2.45, 2.75) is 38.7 Å². The van der Waals surface area contributed by atoms with Crippen LogP contribution in [0.15, 0.2) is 54.6 Å². The quantitative estimate of drug-likeness (QED) is 0.837. The molecule has 1 heterocycles. The molecule has 2 aromatic carbocycles. The third kappa shape index (κ3) is 5.09. The number of nitrogens with one attached hydrogen (secondary N) is 1. The number of likely N-dealkylation sites (tertiary alicyclic amines) is 1. The van der Waals surface area contributed by atoms with E-state index in [0.29, 0.717) is 23.4 Å². The van der Waals surface area contributed by atoms with E-state index in [1.165, 1.54) is 6.42 Å². The lowest BCUT2D eigenvalue weighted by Crippen LogP contribution is -2.35. The molecule has 0 spiro atoms. The van der Waals surface area contributed by atoms with E-state index in [0.717, 1.165) is 25.9 Å². The molecule has 142 valence electrons. The molecule has 5 nitrogen and oxygen atoms in total. The molecular weight excluding hydrogens is 340 g/mol. The van der Waals surface area contributed by atoms with Crippen LogP contribution in [-0.4, -0.2) is 35.9 Å². The van der Waals surface area contributed by atoms with Gasteiger partial charge < -0.3 is 15.0 Å². The van der Waals surface area contributed by atoms with Crippen molar-refractivity contribution in [1.82, 2.24) is 4.90 Å². The number of piperidine rings is 1. The van der Waals surface area contributed by atoms with E-state index in [1.807, 2.05) is 42.2 Å². The summed E-state index contributed by atoms with van der Waals surface area (Å²) < 4.78 is 5.77. The highest BCUT2D eigenvalue weighted by Gasteiger charge is 2.20. The normalized spacial score (nSPS) is 15.1. The van der Waals surface area contributed by atoms with Crippen LogP contribution in [-0.2, 0) is 4.79 Å². The van der Waals surface area contributed by atoms with Crippen molar-refractivity contribution in [3.05, 3.63) is 60.2 Å². The Bertz CT molecular complexity index is 753. The van der Waals surface area contributed by atoms with E-state index in [9.17, 15) is 9.59 Å². The predicted molar refractivity (Wildman–Crippen MR) is 106 cm³/mol. The Labute approximate surface area is 160 Å². The van der Waals surface area contributed by atoms with Crippen LogP contribution in [0, 0.1) is 0 Å². The average Bonchev–Trinajstić information content (AvgIpc) is 2.73. The molecule has 0 saturated carbocycles. The first kappa shape index (κ1) is 19.0. The van der Waals surface area contributed by atoms with E-state index in [-0.39, 0.29) is 11.8 Å². The minimum Gasteiger partial charge on any atom is -0.481 e. The number of para-hydroxylation sites is 1. The number of hydrogen-bond acceptors (Lipinski definition) is 3. The molecule has 2 aromatic rings. The summed E-state index contributed by atoms with van der Waals surface area (Å²) in [6.07, 6.45) is 3.33. The second-order valence-corrected chi connectivity index (χ2v) is 6.75. The highest BCUT2D eigenvalue weighted by Crippen LogP contribution is 2.17. The van der Waals surface area contributed by atoms with Crippen molar-refractivity contribution in [3.8, 4) is 5.75 Å². The SMILES string of the molecule is CCC(Oc1ccccc1)C(=O)Nc1ccc(C(=O)N2CCCCC2)cc1. The van der Waals surface area contributed by atoms with Gasteiger partial charge in [-0.25, -0.2) is 0 Å². The minimum absolute atomic E-state index is 0.0615. The van der Waals surface area contributed by atoms with Crippen molar-refractivity contribution >= 4 is 17.5 Å². The molecule has 1 atom stereocenters. The minimum atomic E-state index is -0.568. The lowest BCUT2D eigenvalue weighted by molar-refractivity contribution is -0.122. The van der Waals surface area contributed by atoms with Crippen molar-refractivity contribution in [1.29, 1.82) is 0 Å². The molecule has 0 bridgehead atoms. The number of rotatable bonds is 6. The topological polar surface area (TPSA) is 58.6 Å². The first-order valence-electron chi connectivity index (χ1n) is 9.59. The van der Waals surface area contributed by atoms with Gasteiger partial charge in [0.05, 0.1) is 0 Å². The first-order chi connectivity index (χ1) is 13.2. The summed E-state index contributed by atoms with van der Waals surface area (Å²) in [5.74, 6) is 0.532. The molecule has 0 aliphatic carbocycles. The lowest BCUT2D eigenvalue weighted by Gasteiger charge is -2.26. The van der Waals surface area contributed by atoms with Gasteiger partial charge in [0.25, 0.3) is 11.8 Å². The molecule has 0 aromatic heterocycles. The number of hydrogen-bond donors (Lipinski definition) is 1.